The Hall–Kier alpha value is -3.33. The highest BCUT2D eigenvalue weighted by Crippen LogP contribution is 2.33. The molecule has 1 aliphatic heterocycles. The van der Waals surface area contributed by atoms with Gasteiger partial charge in [-0.25, -0.2) is 0 Å². The summed E-state index contributed by atoms with van der Waals surface area (Å²) in [6.45, 7) is 4.01. The Morgan fingerprint density at radius 3 is 2.26 bits per heavy atom. The summed E-state index contributed by atoms with van der Waals surface area (Å²) in [6.07, 6.45) is -4.80. The number of amides is 2. The van der Waals surface area contributed by atoms with E-state index in [2.05, 4.69) is 10.1 Å². The molecule has 0 saturated heterocycles. The number of rotatable bonds is 7. The maximum absolute atomic E-state index is 13.1. The standard InChI is InChI=1S/C22H21F3N2O4/c1-13-4-9-17(14(2)12-13)18-19(21(29)27(20(18)28)10-11-30-3)26-15-5-7-16(8-6-15)31-22(23,24)25/h4-9,12,26H,10-11H2,1-3H3. The van der Waals surface area contributed by atoms with Crippen molar-refractivity contribution in [3.63, 3.8) is 0 Å². The number of hydrogen-bond donors (Lipinski definition) is 1. The normalized spacial score (nSPS) is 14.5. The third-order valence-corrected chi connectivity index (χ3v) is 4.70. The average molecular weight is 434 g/mol. The lowest BCUT2D eigenvalue weighted by Crippen LogP contribution is -2.35. The first-order valence-electron chi connectivity index (χ1n) is 9.40. The maximum atomic E-state index is 13.1. The molecule has 6 nitrogen and oxygen atoms in total. The zero-order valence-electron chi connectivity index (χ0n) is 17.2. The summed E-state index contributed by atoms with van der Waals surface area (Å²) in [7, 11) is 1.47. The second-order valence-electron chi connectivity index (χ2n) is 7.02. The van der Waals surface area contributed by atoms with Gasteiger partial charge in [0.2, 0.25) is 0 Å². The summed E-state index contributed by atoms with van der Waals surface area (Å²) in [6, 6.07) is 10.4. The fourth-order valence-electron chi connectivity index (χ4n) is 3.31. The van der Waals surface area contributed by atoms with E-state index in [-0.39, 0.29) is 24.4 Å². The second-order valence-corrected chi connectivity index (χ2v) is 7.02. The van der Waals surface area contributed by atoms with Crippen LogP contribution < -0.4 is 10.1 Å². The minimum atomic E-state index is -4.80. The number of alkyl halides is 3. The number of carbonyl (C=O) groups excluding carboxylic acids is 2. The zero-order valence-corrected chi connectivity index (χ0v) is 17.2. The summed E-state index contributed by atoms with van der Waals surface area (Å²) < 4.78 is 46.0. The van der Waals surface area contributed by atoms with Gasteiger partial charge in [-0.3, -0.25) is 14.5 Å². The average Bonchev–Trinajstić information content (AvgIpc) is 2.90. The van der Waals surface area contributed by atoms with Gasteiger partial charge in [-0.1, -0.05) is 23.8 Å². The van der Waals surface area contributed by atoms with Crippen molar-refractivity contribution in [1.82, 2.24) is 4.90 Å². The van der Waals surface area contributed by atoms with E-state index in [9.17, 15) is 22.8 Å². The molecule has 0 atom stereocenters. The highest BCUT2D eigenvalue weighted by atomic mass is 19.4. The van der Waals surface area contributed by atoms with Gasteiger partial charge in [0, 0.05) is 12.8 Å². The van der Waals surface area contributed by atoms with Crippen molar-refractivity contribution in [2.24, 2.45) is 0 Å². The summed E-state index contributed by atoms with van der Waals surface area (Å²) >= 11 is 0. The topological polar surface area (TPSA) is 67.9 Å². The van der Waals surface area contributed by atoms with Crippen molar-refractivity contribution in [2.45, 2.75) is 20.2 Å². The van der Waals surface area contributed by atoms with Gasteiger partial charge >= 0.3 is 6.36 Å². The molecule has 1 N–H and O–H groups in total. The molecule has 3 rings (SSSR count). The van der Waals surface area contributed by atoms with Crippen molar-refractivity contribution in [1.29, 1.82) is 0 Å². The molecule has 0 spiro atoms. The van der Waals surface area contributed by atoms with Gasteiger partial charge < -0.3 is 14.8 Å². The van der Waals surface area contributed by atoms with E-state index < -0.39 is 23.9 Å². The Labute approximate surface area is 177 Å². The smallest absolute Gasteiger partial charge is 0.406 e. The molecular formula is C22H21F3N2O4. The predicted molar refractivity (Wildman–Crippen MR) is 108 cm³/mol. The van der Waals surface area contributed by atoms with Gasteiger partial charge in [0.25, 0.3) is 11.8 Å². The minimum absolute atomic E-state index is 0.0533. The van der Waals surface area contributed by atoms with Gasteiger partial charge in [0.15, 0.2) is 0 Å². The Morgan fingerprint density at radius 1 is 1.00 bits per heavy atom. The van der Waals surface area contributed by atoms with E-state index in [0.717, 1.165) is 28.2 Å². The van der Waals surface area contributed by atoms with Crippen molar-refractivity contribution < 1.29 is 32.2 Å². The van der Waals surface area contributed by atoms with Crippen LogP contribution in [0.25, 0.3) is 5.57 Å². The minimum Gasteiger partial charge on any atom is -0.406 e. The molecule has 1 aliphatic rings. The molecule has 0 aromatic heterocycles. The number of imide groups is 1. The Kier molecular flexibility index (Phi) is 6.35. The van der Waals surface area contributed by atoms with Gasteiger partial charge in [-0.2, -0.15) is 0 Å². The number of halogens is 3. The summed E-state index contributed by atoms with van der Waals surface area (Å²) in [5.74, 6) is -1.39. The molecule has 0 saturated carbocycles. The molecule has 2 aromatic carbocycles. The molecule has 1 heterocycles. The Morgan fingerprint density at radius 2 is 1.68 bits per heavy atom. The molecule has 0 fully saturated rings. The van der Waals surface area contributed by atoms with Crippen molar-refractivity contribution in [3.05, 3.63) is 64.9 Å². The van der Waals surface area contributed by atoms with Crippen LogP contribution in [0.3, 0.4) is 0 Å². The van der Waals surface area contributed by atoms with Crippen LogP contribution in [0, 0.1) is 13.8 Å². The van der Waals surface area contributed by atoms with Gasteiger partial charge in [0.05, 0.1) is 18.7 Å². The predicted octanol–water partition coefficient (Wildman–Crippen LogP) is 4.04. The first kappa shape index (κ1) is 22.4. The number of benzene rings is 2. The first-order chi connectivity index (χ1) is 14.6. The number of carbonyl (C=O) groups is 2. The van der Waals surface area contributed by atoms with Gasteiger partial charge in [-0.15, -0.1) is 13.2 Å². The largest absolute Gasteiger partial charge is 0.573 e. The quantitative estimate of drug-likeness (QED) is 0.667. The third kappa shape index (κ3) is 5.05. The first-order valence-corrected chi connectivity index (χ1v) is 9.40. The molecule has 0 aliphatic carbocycles. The number of methoxy groups -OCH3 is 1. The molecule has 9 heteroatoms. The Bertz CT molecular complexity index is 1030. The van der Waals surface area contributed by atoms with Crippen molar-refractivity contribution in [2.75, 3.05) is 25.6 Å². The van der Waals surface area contributed by atoms with Crippen LogP contribution >= 0.6 is 0 Å². The van der Waals surface area contributed by atoms with Crippen LogP contribution in [0.4, 0.5) is 18.9 Å². The van der Waals surface area contributed by atoms with Crippen LogP contribution in [0.1, 0.15) is 16.7 Å². The number of nitrogens with zero attached hydrogens (tertiary/aromatic N) is 1. The SMILES string of the molecule is COCCN1C(=O)C(Nc2ccc(OC(F)(F)F)cc2)=C(c2ccc(C)cc2C)C1=O. The van der Waals surface area contributed by atoms with Crippen LogP contribution in [-0.2, 0) is 14.3 Å². The molecule has 2 aromatic rings. The second kappa shape index (κ2) is 8.81. The summed E-state index contributed by atoms with van der Waals surface area (Å²) in [5.41, 5.74) is 3.01. The van der Waals surface area contributed by atoms with Crippen LogP contribution in [0.5, 0.6) is 5.75 Å². The molecule has 164 valence electrons. The van der Waals surface area contributed by atoms with Crippen LogP contribution in [-0.4, -0.2) is 43.3 Å². The molecule has 0 radical (unpaired) electrons. The number of ether oxygens (including phenoxy) is 2. The molecule has 0 unspecified atom stereocenters. The fourth-order valence-corrected chi connectivity index (χ4v) is 3.31. The highest BCUT2D eigenvalue weighted by molar-refractivity contribution is 6.36. The third-order valence-electron chi connectivity index (χ3n) is 4.70. The van der Waals surface area contributed by atoms with Crippen molar-refractivity contribution in [3.8, 4) is 5.75 Å². The monoisotopic (exact) mass is 434 g/mol. The Balaban J connectivity index is 1.98. The lowest BCUT2D eigenvalue weighted by molar-refractivity contribution is -0.274. The number of nitrogens with one attached hydrogen (secondary N) is 1. The number of aryl methyl sites for hydroxylation is 2. The highest BCUT2D eigenvalue weighted by Gasteiger charge is 2.39. The molecule has 31 heavy (non-hydrogen) atoms. The van der Waals surface area contributed by atoms with E-state index in [4.69, 9.17) is 4.74 Å². The fraction of sp³-hybridized carbons (Fsp3) is 0.273. The van der Waals surface area contributed by atoms with E-state index in [1.165, 1.54) is 19.2 Å². The molecule has 0 bridgehead atoms. The van der Waals surface area contributed by atoms with E-state index in [0.29, 0.717) is 11.3 Å². The molecular weight excluding hydrogens is 413 g/mol. The maximum Gasteiger partial charge on any atom is 0.573 e. The molecule has 2 amide bonds. The number of hydrogen-bond acceptors (Lipinski definition) is 5. The summed E-state index contributed by atoms with van der Waals surface area (Å²) in [4.78, 5) is 27.2. The summed E-state index contributed by atoms with van der Waals surface area (Å²) in [5, 5.41) is 2.90. The van der Waals surface area contributed by atoms with E-state index >= 15 is 0 Å². The lowest BCUT2D eigenvalue weighted by atomic mass is 9.97. The van der Waals surface area contributed by atoms with Gasteiger partial charge in [0.1, 0.15) is 11.4 Å². The van der Waals surface area contributed by atoms with Crippen LogP contribution in [0.2, 0.25) is 0 Å². The van der Waals surface area contributed by atoms with Crippen LogP contribution in [0.15, 0.2) is 48.2 Å². The zero-order chi connectivity index (χ0) is 22.8. The van der Waals surface area contributed by atoms with E-state index in [1.54, 1.807) is 6.07 Å². The van der Waals surface area contributed by atoms with Crippen molar-refractivity contribution >= 4 is 23.1 Å². The lowest BCUT2D eigenvalue weighted by Gasteiger charge is -2.14. The number of anilines is 1. The van der Waals surface area contributed by atoms with E-state index in [1.807, 2.05) is 26.0 Å². The van der Waals surface area contributed by atoms with Gasteiger partial charge in [-0.05, 0) is 49.2 Å².